The van der Waals surface area contributed by atoms with Gasteiger partial charge in [-0.3, -0.25) is 0 Å². The molecule has 2 rings (SSSR count). The molecule has 0 saturated heterocycles. The first kappa shape index (κ1) is 13.9. The lowest BCUT2D eigenvalue weighted by Gasteiger charge is -2.17. The van der Waals surface area contributed by atoms with Gasteiger partial charge in [0.2, 0.25) is 0 Å². The Morgan fingerprint density at radius 3 is 2.37 bits per heavy atom. The molecule has 1 N–H and O–H groups in total. The van der Waals surface area contributed by atoms with Gasteiger partial charge in [0.15, 0.2) is 0 Å². The average Bonchev–Trinajstić information content (AvgIpc) is 2.69. The fourth-order valence-corrected chi connectivity index (χ4v) is 2.57. The van der Waals surface area contributed by atoms with E-state index >= 15 is 0 Å². The summed E-state index contributed by atoms with van der Waals surface area (Å²) >= 11 is 0. The molecule has 0 heterocycles. The summed E-state index contributed by atoms with van der Waals surface area (Å²) in [5, 5.41) is 11.9. The van der Waals surface area contributed by atoms with Gasteiger partial charge in [0, 0.05) is 6.42 Å². The second-order valence-corrected chi connectivity index (χ2v) is 5.39. The van der Waals surface area contributed by atoms with Crippen molar-refractivity contribution in [2.24, 2.45) is 5.16 Å². The molecule has 1 fully saturated rings. The van der Waals surface area contributed by atoms with Gasteiger partial charge < -0.3 is 9.94 Å². The smallest absolute Gasteiger partial charge is 0.119 e. The van der Waals surface area contributed by atoms with Crippen molar-refractivity contribution >= 4 is 5.71 Å². The van der Waals surface area contributed by atoms with E-state index in [1.54, 1.807) is 0 Å². The Morgan fingerprint density at radius 1 is 1.16 bits per heavy atom. The van der Waals surface area contributed by atoms with Gasteiger partial charge in [-0.15, -0.1) is 0 Å². The molecule has 1 aromatic rings. The Balaban J connectivity index is 1.90. The summed E-state index contributed by atoms with van der Waals surface area (Å²) in [5.41, 5.74) is 1.86. The lowest BCUT2D eigenvalue weighted by Crippen LogP contribution is -2.15. The van der Waals surface area contributed by atoms with Crippen molar-refractivity contribution in [2.45, 2.75) is 58.0 Å². The van der Waals surface area contributed by atoms with Crippen molar-refractivity contribution < 1.29 is 9.94 Å². The monoisotopic (exact) mass is 261 g/mol. The summed E-state index contributed by atoms with van der Waals surface area (Å²) < 4.78 is 6.04. The van der Waals surface area contributed by atoms with Crippen LogP contribution in [-0.4, -0.2) is 17.0 Å². The normalized spacial score (nSPS) is 18.1. The molecule has 0 aliphatic heterocycles. The number of rotatable bonds is 4. The van der Waals surface area contributed by atoms with Crippen LogP contribution in [0.2, 0.25) is 0 Å². The summed E-state index contributed by atoms with van der Waals surface area (Å²) in [7, 11) is 0. The zero-order valence-electron chi connectivity index (χ0n) is 11.6. The molecule has 0 bridgehead atoms. The highest BCUT2D eigenvalue weighted by Crippen LogP contribution is 2.23. The minimum absolute atomic E-state index is 0.383. The van der Waals surface area contributed by atoms with Gasteiger partial charge in [0.1, 0.15) is 5.75 Å². The summed E-state index contributed by atoms with van der Waals surface area (Å²) in [6.45, 7) is 1.82. The fraction of sp³-hybridized carbons (Fsp3) is 0.562. The molecule has 3 nitrogen and oxygen atoms in total. The number of ether oxygens (including phenoxy) is 1. The predicted molar refractivity (Wildman–Crippen MR) is 77.2 cm³/mol. The lowest BCUT2D eigenvalue weighted by atomic mass is 10.1. The zero-order valence-corrected chi connectivity index (χ0v) is 11.6. The van der Waals surface area contributed by atoms with Gasteiger partial charge in [-0.1, -0.05) is 30.1 Å². The highest BCUT2D eigenvalue weighted by atomic mass is 16.5. The second kappa shape index (κ2) is 7.17. The first-order valence-corrected chi connectivity index (χ1v) is 7.21. The van der Waals surface area contributed by atoms with Gasteiger partial charge >= 0.3 is 0 Å². The maximum absolute atomic E-state index is 8.66. The summed E-state index contributed by atoms with van der Waals surface area (Å²) in [5.74, 6) is 0.953. The molecule has 1 aliphatic carbocycles. The van der Waals surface area contributed by atoms with E-state index in [1.165, 1.54) is 38.5 Å². The molecular weight excluding hydrogens is 238 g/mol. The summed E-state index contributed by atoms with van der Waals surface area (Å²) in [4.78, 5) is 0. The fourth-order valence-electron chi connectivity index (χ4n) is 2.57. The highest BCUT2D eigenvalue weighted by Gasteiger charge is 2.13. The Morgan fingerprint density at radius 2 is 1.79 bits per heavy atom. The van der Waals surface area contributed by atoms with Gasteiger partial charge in [0.05, 0.1) is 11.8 Å². The molecule has 1 aliphatic rings. The van der Waals surface area contributed by atoms with E-state index in [1.807, 2.05) is 31.2 Å². The van der Waals surface area contributed by atoms with Crippen molar-refractivity contribution in [3.63, 3.8) is 0 Å². The van der Waals surface area contributed by atoms with Gasteiger partial charge in [-0.2, -0.15) is 0 Å². The topological polar surface area (TPSA) is 41.8 Å². The van der Waals surface area contributed by atoms with E-state index in [2.05, 4.69) is 5.16 Å². The Bertz CT molecular complexity index is 403. The third-order valence-electron chi connectivity index (χ3n) is 3.66. The molecule has 1 aromatic carbocycles. The van der Waals surface area contributed by atoms with Crippen molar-refractivity contribution in [2.75, 3.05) is 0 Å². The summed E-state index contributed by atoms with van der Waals surface area (Å²) in [6.07, 6.45) is 8.69. The quantitative estimate of drug-likeness (QED) is 0.382. The zero-order chi connectivity index (χ0) is 13.5. The minimum Gasteiger partial charge on any atom is -0.490 e. The lowest BCUT2D eigenvalue weighted by molar-refractivity contribution is 0.183. The van der Waals surface area contributed by atoms with E-state index in [0.29, 0.717) is 12.5 Å². The van der Waals surface area contributed by atoms with Gasteiger partial charge in [-0.05, 0) is 50.3 Å². The van der Waals surface area contributed by atoms with E-state index < -0.39 is 0 Å². The number of benzene rings is 1. The molecule has 0 unspecified atom stereocenters. The Kier molecular flexibility index (Phi) is 5.25. The Labute approximate surface area is 115 Å². The Hall–Kier alpha value is -1.51. The van der Waals surface area contributed by atoms with Crippen LogP contribution >= 0.6 is 0 Å². The molecule has 0 aromatic heterocycles. The summed E-state index contributed by atoms with van der Waals surface area (Å²) in [6, 6.07) is 8.12. The molecular formula is C16H23NO2. The molecule has 104 valence electrons. The SMILES string of the molecule is C/C(Cc1ccc(OC2CCCCCC2)cc1)=N/O. The number of oxime groups is 1. The largest absolute Gasteiger partial charge is 0.490 e. The maximum atomic E-state index is 8.66. The van der Waals surface area contributed by atoms with E-state index in [-0.39, 0.29) is 0 Å². The first-order chi connectivity index (χ1) is 9.28. The van der Waals surface area contributed by atoms with E-state index in [9.17, 15) is 0 Å². The van der Waals surface area contributed by atoms with Crippen LogP contribution in [0.3, 0.4) is 0 Å². The van der Waals surface area contributed by atoms with Crippen LogP contribution in [0.5, 0.6) is 5.75 Å². The number of hydrogen-bond donors (Lipinski definition) is 1. The van der Waals surface area contributed by atoms with Crippen molar-refractivity contribution in [3.8, 4) is 5.75 Å². The van der Waals surface area contributed by atoms with Crippen molar-refractivity contribution in [1.82, 2.24) is 0 Å². The number of nitrogens with zero attached hydrogens (tertiary/aromatic N) is 1. The maximum Gasteiger partial charge on any atom is 0.119 e. The standard InChI is InChI=1S/C16H23NO2/c1-13(17-18)12-14-8-10-16(11-9-14)19-15-6-4-2-3-5-7-15/h8-11,15,18H,2-7,12H2,1H3/b17-13-. The highest BCUT2D eigenvalue weighted by molar-refractivity contribution is 5.83. The van der Waals surface area contributed by atoms with Crippen LogP contribution in [0.15, 0.2) is 29.4 Å². The third-order valence-corrected chi connectivity index (χ3v) is 3.66. The van der Waals surface area contributed by atoms with E-state index in [0.717, 1.165) is 17.0 Å². The second-order valence-electron chi connectivity index (χ2n) is 5.39. The molecule has 0 spiro atoms. The first-order valence-electron chi connectivity index (χ1n) is 7.21. The van der Waals surface area contributed by atoms with Gasteiger partial charge in [-0.25, -0.2) is 0 Å². The molecule has 19 heavy (non-hydrogen) atoms. The van der Waals surface area contributed by atoms with E-state index in [4.69, 9.17) is 9.94 Å². The van der Waals surface area contributed by atoms with Crippen molar-refractivity contribution in [3.05, 3.63) is 29.8 Å². The number of hydrogen-bond acceptors (Lipinski definition) is 3. The minimum atomic E-state index is 0.383. The van der Waals surface area contributed by atoms with Gasteiger partial charge in [0.25, 0.3) is 0 Å². The van der Waals surface area contributed by atoms with Crippen LogP contribution in [0.1, 0.15) is 51.0 Å². The van der Waals surface area contributed by atoms with Crippen LogP contribution in [0, 0.1) is 0 Å². The van der Waals surface area contributed by atoms with Crippen LogP contribution in [0.25, 0.3) is 0 Å². The molecule has 3 heteroatoms. The molecule has 1 saturated carbocycles. The van der Waals surface area contributed by atoms with Crippen LogP contribution in [0.4, 0.5) is 0 Å². The van der Waals surface area contributed by atoms with Crippen LogP contribution in [-0.2, 0) is 6.42 Å². The third kappa shape index (κ3) is 4.58. The molecule has 0 atom stereocenters. The molecule has 0 radical (unpaired) electrons. The predicted octanol–water partition coefficient (Wildman–Crippen LogP) is 4.18. The molecule has 0 amide bonds. The average molecular weight is 261 g/mol. The van der Waals surface area contributed by atoms with Crippen molar-refractivity contribution in [1.29, 1.82) is 0 Å². The van der Waals surface area contributed by atoms with Crippen LogP contribution < -0.4 is 4.74 Å².